The minimum absolute atomic E-state index is 0.0314. The summed E-state index contributed by atoms with van der Waals surface area (Å²) in [7, 11) is 0. The Balaban J connectivity index is 2.32. The average Bonchev–Trinajstić information content (AvgIpc) is 2.36. The number of rotatable bonds is 5. The van der Waals surface area contributed by atoms with Gasteiger partial charge < -0.3 is 10.2 Å². The van der Waals surface area contributed by atoms with Gasteiger partial charge in [0.1, 0.15) is 6.04 Å². The largest absolute Gasteiger partial charge is 0.345 e. The molecule has 98 valence electrons. The zero-order valence-electron chi connectivity index (χ0n) is 10.4. The van der Waals surface area contributed by atoms with E-state index >= 15 is 0 Å². The molecule has 0 aliphatic carbocycles. The van der Waals surface area contributed by atoms with Crippen molar-refractivity contribution in [1.29, 1.82) is 0 Å². The summed E-state index contributed by atoms with van der Waals surface area (Å²) in [6.07, 6.45) is 4.37. The molecule has 5 heteroatoms. The van der Waals surface area contributed by atoms with E-state index in [-0.39, 0.29) is 11.8 Å². The molecule has 1 saturated heterocycles. The third-order valence-electron chi connectivity index (χ3n) is 2.95. The van der Waals surface area contributed by atoms with E-state index in [2.05, 4.69) is 5.32 Å². The number of hydrogen-bond donors (Lipinski definition) is 1. The molecular weight excluding hydrogens is 240 g/mol. The molecule has 4 nitrogen and oxygen atoms in total. The quantitative estimate of drug-likeness (QED) is 0.762. The summed E-state index contributed by atoms with van der Waals surface area (Å²) in [5.74, 6) is 0.412. The molecule has 0 aromatic carbocycles. The first-order valence-corrected chi connectivity index (χ1v) is 6.82. The third kappa shape index (κ3) is 4.94. The number of alkyl halides is 1. The highest BCUT2D eigenvalue weighted by Crippen LogP contribution is 2.10. The van der Waals surface area contributed by atoms with E-state index in [1.54, 1.807) is 6.92 Å². The molecule has 17 heavy (non-hydrogen) atoms. The van der Waals surface area contributed by atoms with Gasteiger partial charge in [-0.3, -0.25) is 9.59 Å². The zero-order valence-corrected chi connectivity index (χ0v) is 11.1. The zero-order chi connectivity index (χ0) is 12.7. The molecule has 0 bridgehead atoms. The first-order chi connectivity index (χ1) is 8.15. The number of carbonyl (C=O) groups is 2. The van der Waals surface area contributed by atoms with Crippen LogP contribution in [0.4, 0.5) is 0 Å². The van der Waals surface area contributed by atoms with Gasteiger partial charge in [0.2, 0.25) is 11.8 Å². The van der Waals surface area contributed by atoms with E-state index in [0.29, 0.717) is 18.7 Å². The maximum atomic E-state index is 12.0. The minimum atomic E-state index is -0.420. The van der Waals surface area contributed by atoms with Crippen LogP contribution in [0.25, 0.3) is 0 Å². The van der Waals surface area contributed by atoms with Gasteiger partial charge in [-0.2, -0.15) is 0 Å². The molecule has 1 unspecified atom stereocenters. The Labute approximate surface area is 108 Å². The number of piperidine rings is 1. The second-order valence-corrected chi connectivity index (χ2v) is 4.85. The third-order valence-corrected chi connectivity index (χ3v) is 3.22. The summed E-state index contributed by atoms with van der Waals surface area (Å²) in [6.45, 7) is 3.39. The van der Waals surface area contributed by atoms with Crippen LogP contribution in [0.15, 0.2) is 0 Å². The predicted molar refractivity (Wildman–Crippen MR) is 68.0 cm³/mol. The molecule has 1 rings (SSSR count). The Morgan fingerprint density at radius 1 is 1.29 bits per heavy atom. The van der Waals surface area contributed by atoms with Crippen LogP contribution in [0, 0.1) is 0 Å². The van der Waals surface area contributed by atoms with Crippen LogP contribution in [0.1, 0.15) is 39.0 Å². The molecule has 1 aliphatic heterocycles. The van der Waals surface area contributed by atoms with Crippen molar-refractivity contribution in [2.45, 2.75) is 45.1 Å². The highest BCUT2D eigenvalue weighted by atomic mass is 35.5. The summed E-state index contributed by atoms with van der Waals surface area (Å²) in [5, 5.41) is 2.72. The minimum Gasteiger partial charge on any atom is -0.345 e. The van der Waals surface area contributed by atoms with Gasteiger partial charge in [0, 0.05) is 25.4 Å². The fraction of sp³-hybridized carbons (Fsp3) is 0.833. The van der Waals surface area contributed by atoms with E-state index in [0.717, 1.165) is 25.9 Å². The lowest BCUT2D eigenvalue weighted by Gasteiger charge is -2.29. The van der Waals surface area contributed by atoms with Crippen molar-refractivity contribution in [2.24, 2.45) is 0 Å². The van der Waals surface area contributed by atoms with Crippen LogP contribution in [0.5, 0.6) is 0 Å². The normalized spacial score (nSPS) is 17.6. The number of amides is 2. The molecule has 1 N–H and O–H groups in total. The van der Waals surface area contributed by atoms with E-state index < -0.39 is 6.04 Å². The topological polar surface area (TPSA) is 49.4 Å². The van der Waals surface area contributed by atoms with Crippen molar-refractivity contribution in [3.8, 4) is 0 Å². The highest BCUT2D eigenvalue weighted by molar-refractivity contribution is 6.17. The Morgan fingerprint density at radius 3 is 2.53 bits per heavy atom. The Morgan fingerprint density at radius 2 is 1.94 bits per heavy atom. The highest BCUT2D eigenvalue weighted by Gasteiger charge is 2.22. The summed E-state index contributed by atoms with van der Waals surface area (Å²) in [5.41, 5.74) is 0. The van der Waals surface area contributed by atoms with Gasteiger partial charge in [0.15, 0.2) is 0 Å². The van der Waals surface area contributed by atoms with E-state index in [1.807, 2.05) is 4.90 Å². The lowest BCUT2D eigenvalue weighted by molar-refractivity contribution is -0.136. The van der Waals surface area contributed by atoms with Crippen LogP contribution in [-0.4, -0.2) is 41.7 Å². The molecule has 1 heterocycles. The van der Waals surface area contributed by atoms with Crippen molar-refractivity contribution in [2.75, 3.05) is 19.0 Å². The van der Waals surface area contributed by atoms with Gasteiger partial charge in [-0.05, 0) is 32.6 Å². The number of hydrogen-bond acceptors (Lipinski definition) is 2. The maximum Gasteiger partial charge on any atom is 0.244 e. The summed E-state index contributed by atoms with van der Waals surface area (Å²) >= 11 is 5.51. The number of nitrogens with one attached hydrogen (secondary N) is 1. The number of nitrogens with zero attached hydrogens (tertiary/aromatic N) is 1. The first-order valence-electron chi connectivity index (χ1n) is 6.29. The summed E-state index contributed by atoms with van der Waals surface area (Å²) in [6, 6.07) is -0.420. The molecule has 0 saturated carbocycles. The second-order valence-electron chi connectivity index (χ2n) is 4.47. The van der Waals surface area contributed by atoms with Crippen LogP contribution < -0.4 is 5.32 Å². The van der Waals surface area contributed by atoms with Crippen LogP contribution in [0.3, 0.4) is 0 Å². The standard InChI is InChI=1S/C12H21ClN2O2/c1-10(14-11(16)6-5-7-13)12(17)15-8-3-2-4-9-15/h10H,2-9H2,1H3,(H,14,16). The molecule has 1 atom stereocenters. The van der Waals surface area contributed by atoms with Crippen molar-refractivity contribution in [3.63, 3.8) is 0 Å². The van der Waals surface area contributed by atoms with E-state index in [4.69, 9.17) is 11.6 Å². The van der Waals surface area contributed by atoms with Crippen molar-refractivity contribution in [1.82, 2.24) is 10.2 Å². The lowest BCUT2D eigenvalue weighted by atomic mass is 10.1. The summed E-state index contributed by atoms with van der Waals surface area (Å²) < 4.78 is 0. The van der Waals surface area contributed by atoms with Crippen LogP contribution in [-0.2, 0) is 9.59 Å². The second kappa shape index (κ2) is 7.54. The van der Waals surface area contributed by atoms with Crippen molar-refractivity contribution < 1.29 is 9.59 Å². The fourth-order valence-corrected chi connectivity index (χ4v) is 2.12. The van der Waals surface area contributed by atoms with E-state index in [1.165, 1.54) is 6.42 Å². The molecule has 2 amide bonds. The van der Waals surface area contributed by atoms with Crippen molar-refractivity contribution in [3.05, 3.63) is 0 Å². The number of halogens is 1. The average molecular weight is 261 g/mol. The summed E-state index contributed by atoms with van der Waals surface area (Å²) in [4.78, 5) is 25.3. The molecule has 0 spiro atoms. The predicted octanol–water partition coefficient (Wildman–Crippen LogP) is 1.52. The fourth-order valence-electron chi connectivity index (χ4n) is 1.99. The molecule has 0 aromatic heterocycles. The molecular formula is C12H21ClN2O2. The lowest BCUT2D eigenvalue weighted by Crippen LogP contribution is -2.48. The van der Waals surface area contributed by atoms with Crippen molar-refractivity contribution >= 4 is 23.4 Å². The van der Waals surface area contributed by atoms with Gasteiger partial charge in [-0.25, -0.2) is 0 Å². The van der Waals surface area contributed by atoms with Gasteiger partial charge in [0.25, 0.3) is 0 Å². The Bertz CT molecular complexity index is 265. The molecule has 0 radical (unpaired) electrons. The molecule has 1 aliphatic rings. The Kier molecular flexibility index (Phi) is 6.34. The van der Waals surface area contributed by atoms with Crippen LogP contribution >= 0.6 is 11.6 Å². The number of likely N-dealkylation sites (tertiary alicyclic amines) is 1. The van der Waals surface area contributed by atoms with Gasteiger partial charge in [-0.15, -0.1) is 11.6 Å². The first kappa shape index (κ1) is 14.3. The molecule has 1 fully saturated rings. The molecule has 0 aromatic rings. The van der Waals surface area contributed by atoms with Gasteiger partial charge in [-0.1, -0.05) is 0 Å². The van der Waals surface area contributed by atoms with E-state index in [9.17, 15) is 9.59 Å². The smallest absolute Gasteiger partial charge is 0.244 e. The van der Waals surface area contributed by atoms with Gasteiger partial charge in [0.05, 0.1) is 0 Å². The SMILES string of the molecule is CC(NC(=O)CCCCl)C(=O)N1CCCCC1. The number of carbonyl (C=O) groups excluding carboxylic acids is 2. The van der Waals surface area contributed by atoms with Gasteiger partial charge >= 0.3 is 0 Å². The monoisotopic (exact) mass is 260 g/mol. The Hall–Kier alpha value is -0.770. The van der Waals surface area contributed by atoms with Crippen LogP contribution in [0.2, 0.25) is 0 Å². The maximum absolute atomic E-state index is 12.0.